The van der Waals surface area contributed by atoms with E-state index in [2.05, 4.69) is 4.98 Å². The van der Waals surface area contributed by atoms with Crippen LogP contribution < -0.4 is 10.6 Å². The number of nitrogens with one attached hydrogen (secondary N) is 1. The second-order valence-electron chi connectivity index (χ2n) is 7.07. The van der Waals surface area contributed by atoms with Crippen LogP contribution in [0.25, 0.3) is 0 Å². The predicted molar refractivity (Wildman–Crippen MR) is 106 cm³/mol. The summed E-state index contributed by atoms with van der Waals surface area (Å²) in [5, 5.41) is 7.48. The van der Waals surface area contributed by atoms with Crippen LogP contribution in [0.1, 0.15) is 25.1 Å². The molecular weight excluding hydrogens is 419 g/mol. The van der Waals surface area contributed by atoms with E-state index < -0.39 is 23.0 Å². The monoisotopic (exact) mass is 437 g/mol. The number of amides is 3. The molecule has 30 heavy (non-hydrogen) atoms. The first-order valence-corrected chi connectivity index (χ1v) is 9.53. The van der Waals surface area contributed by atoms with Crippen LogP contribution in [0.2, 0.25) is 0 Å². The first-order valence-electron chi connectivity index (χ1n) is 8.71. The molecule has 0 spiro atoms. The zero-order valence-corrected chi connectivity index (χ0v) is 16.8. The molecule has 0 atom stereocenters. The number of imide groups is 1. The number of pyridine rings is 1. The summed E-state index contributed by atoms with van der Waals surface area (Å²) >= 11 is -0.273. The number of hydrogen-bond donors (Lipinski definition) is 2. The molecule has 1 aliphatic rings. The molecule has 11 heteroatoms. The Morgan fingerprint density at radius 3 is 2.40 bits per heavy atom. The van der Waals surface area contributed by atoms with E-state index in [0.717, 1.165) is 4.90 Å². The van der Waals surface area contributed by atoms with E-state index in [9.17, 15) is 22.8 Å². The van der Waals surface area contributed by atoms with Gasteiger partial charge in [-0.1, -0.05) is 0 Å². The van der Waals surface area contributed by atoms with Crippen molar-refractivity contribution >= 4 is 35.2 Å². The summed E-state index contributed by atoms with van der Waals surface area (Å²) in [5.41, 5.74) is 0.898. The summed E-state index contributed by atoms with van der Waals surface area (Å²) in [5.74, 6) is -0.719. The van der Waals surface area contributed by atoms with E-state index in [-0.39, 0.29) is 40.4 Å². The second-order valence-corrected chi connectivity index (χ2v) is 8.21. The average Bonchev–Trinajstić information content (AvgIpc) is 2.81. The molecule has 2 aromatic rings. The number of aromatic nitrogens is 1. The summed E-state index contributed by atoms with van der Waals surface area (Å²) in [6.07, 6.45) is 1.45. The van der Waals surface area contributed by atoms with Crippen LogP contribution in [-0.4, -0.2) is 38.7 Å². The maximum Gasteiger partial charge on any atom is 0.446 e. The van der Waals surface area contributed by atoms with Crippen molar-refractivity contribution in [3.63, 3.8) is 0 Å². The first-order chi connectivity index (χ1) is 13.9. The van der Waals surface area contributed by atoms with Gasteiger partial charge in [-0.25, -0.2) is 9.69 Å². The molecule has 1 aliphatic heterocycles. The van der Waals surface area contributed by atoms with Crippen molar-refractivity contribution in [1.29, 1.82) is 5.41 Å². The van der Waals surface area contributed by atoms with Gasteiger partial charge in [0.05, 0.1) is 5.69 Å². The lowest BCUT2D eigenvalue weighted by molar-refractivity contribution is -0.123. The van der Waals surface area contributed by atoms with Crippen molar-refractivity contribution in [2.75, 3.05) is 4.90 Å². The molecule has 3 rings (SSSR count). The third-order valence-electron chi connectivity index (χ3n) is 4.59. The highest BCUT2D eigenvalue weighted by molar-refractivity contribution is 8.00. The molecule has 0 bridgehead atoms. The highest BCUT2D eigenvalue weighted by atomic mass is 32.2. The van der Waals surface area contributed by atoms with Crippen molar-refractivity contribution in [3.05, 3.63) is 53.9 Å². The van der Waals surface area contributed by atoms with Crippen LogP contribution in [0.15, 0.2) is 47.5 Å². The highest BCUT2D eigenvalue weighted by Crippen LogP contribution is 2.38. The largest absolute Gasteiger partial charge is 0.446 e. The Morgan fingerprint density at radius 1 is 1.20 bits per heavy atom. The quantitative estimate of drug-likeness (QED) is 0.321. The number of carbonyl (C=O) groups excluding carboxylic acids is 2. The van der Waals surface area contributed by atoms with Crippen LogP contribution in [0, 0.1) is 5.41 Å². The summed E-state index contributed by atoms with van der Waals surface area (Å²) in [6, 6.07) is 7.65. The van der Waals surface area contributed by atoms with E-state index in [1.165, 1.54) is 35.4 Å². The number of anilines is 1. The van der Waals surface area contributed by atoms with Crippen molar-refractivity contribution in [3.8, 4) is 0 Å². The molecule has 1 fully saturated rings. The smallest absolute Gasteiger partial charge is 0.382 e. The van der Waals surface area contributed by atoms with E-state index in [4.69, 9.17) is 11.1 Å². The number of amidine groups is 1. The lowest BCUT2D eigenvalue weighted by atomic mass is 10.0. The molecule has 7 nitrogen and oxygen atoms in total. The topological polar surface area (TPSA) is 103 Å². The van der Waals surface area contributed by atoms with Crippen molar-refractivity contribution in [2.24, 2.45) is 5.73 Å². The van der Waals surface area contributed by atoms with Gasteiger partial charge in [0.15, 0.2) is 0 Å². The molecule has 0 radical (unpaired) electrons. The molecule has 3 N–H and O–H groups in total. The number of nitrogens with zero attached hydrogens (tertiary/aromatic N) is 3. The summed E-state index contributed by atoms with van der Waals surface area (Å²) in [4.78, 5) is 32.2. The fourth-order valence-electron chi connectivity index (χ4n) is 3.03. The maximum atomic E-state index is 13.0. The third-order valence-corrected chi connectivity index (χ3v) is 5.33. The van der Waals surface area contributed by atoms with Crippen LogP contribution in [0.3, 0.4) is 0 Å². The van der Waals surface area contributed by atoms with Crippen LogP contribution in [0.5, 0.6) is 0 Å². The van der Waals surface area contributed by atoms with E-state index in [0.29, 0.717) is 5.56 Å². The Bertz CT molecular complexity index is 1010. The molecule has 0 aliphatic carbocycles. The summed E-state index contributed by atoms with van der Waals surface area (Å²) < 4.78 is 37.6. The van der Waals surface area contributed by atoms with Crippen LogP contribution in [0.4, 0.5) is 23.7 Å². The van der Waals surface area contributed by atoms with Gasteiger partial charge in [-0.05, 0) is 67.6 Å². The molecule has 1 aromatic carbocycles. The Labute approximate surface area is 174 Å². The number of alkyl halides is 3. The lowest BCUT2D eigenvalue weighted by Crippen LogP contribution is -2.43. The van der Waals surface area contributed by atoms with Gasteiger partial charge in [0.2, 0.25) is 0 Å². The fourth-order valence-corrected chi connectivity index (χ4v) is 3.57. The highest BCUT2D eigenvalue weighted by Gasteiger charge is 2.51. The average molecular weight is 437 g/mol. The number of nitrogen functional groups attached to an aromatic ring is 1. The molecule has 0 saturated carbocycles. The van der Waals surface area contributed by atoms with Gasteiger partial charge < -0.3 is 10.6 Å². The first kappa shape index (κ1) is 21.6. The normalized spacial score (nSPS) is 16.3. The number of urea groups is 1. The van der Waals surface area contributed by atoms with Gasteiger partial charge in [0.1, 0.15) is 17.1 Å². The van der Waals surface area contributed by atoms with Crippen LogP contribution in [-0.2, 0) is 11.3 Å². The Hall–Kier alpha value is -3.08. The Morgan fingerprint density at radius 2 is 1.83 bits per heavy atom. The van der Waals surface area contributed by atoms with E-state index in [1.54, 1.807) is 26.0 Å². The van der Waals surface area contributed by atoms with Crippen molar-refractivity contribution < 1.29 is 22.8 Å². The van der Waals surface area contributed by atoms with Gasteiger partial charge in [0.25, 0.3) is 5.91 Å². The van der Waals surface area contributed by atoms with Crippen LogP contribution >= 0.6 is 11.8 Å². The summed E-state index contributed by atoms with van der Waals surface area (Å²) in [6.45, 7) is 3.25. The Balaban J connectivity index is 1.87. The molecule has 0 unspecified atom stereocenters. The zero-order valence-electron chi connectivity index (χ0n) is 16.0. The minimum atomic E-state index is -4.43. The number of carbonyl (C=O) groups is 2. The second kappa shape index (κ2) is 7.63. The number of hydrogen-bond acceptors (Lipinski definition) is 5. The van der Waals surface area contributed by atoms with Crippen molar-refractivity contribution in [2.45, 2.75) is 36.3 Å². The van der Waals surface area contributed by atoms with E-state index >= 15 is 0 Å². The minimum absolute atomic E-state index is 0.0463. The molecule has 1 saturated heterocycles. The molecule has 158 valence electrons. The molecular formula is C19H18F3N5O2S. The van der Waals surface area contributed by atoms with Crippen molar-refractivity contribution in [1.82, 2.24) is 9.88 Å². The van der Waals surface area contributed by atoms with Gasteiger partial charge in [0, 0.05) is 17.6 Å². The standard InChI is InChI=1S/C19H18F3N5O2S/c1-18(2)16(28)27(12-3-5-13(6-4-12)30-19(20,21)22)17(29)26(18)10-11-7-8-25-14(9-11)15(23)24/h3-9H,10H2,1-2H3,(H3,23,24). The number of halogens is 3. The summed E-state index contributed by atoms with van der Waals surface area (Å²) in [7, 11) is 0. The predicted octanol–water partition coefficient (Wildman–Crippen LogP) is 3.72. The van der Waals surface area contributed by atoms with Gasteiger partial charge in [-0.15, -0.1) is 0 Å². The SMILES string of the molecule is CC1(C)C(=O)N(c2ccc(SC(F)(F)F)cc2)C(=O)N1Cc1ccnc(C(=N)N)c1. The number of rotatable bonds is 5. The van der Waals surface area contributed by atoms with E-state index in [1.807, 2.05) is 0 Å². The zero-order chi connectivity index (χ0) is 22.3. The number of thioether (sulfide) groups is 1. The van der Waals surface area contributed by atoms with Gasteiger partial charge in [-0.2, -0.15) is 13.2 Å². The maximum absolute atomic E-state index is 13.0. The minimum Gasteiger partial charge on any atom is -0.382 e. The number of nitrogens with two attached hydrogens (primary N) is 1. The Kier molecular flexibility index (Phi) is 5.50. The fraction of sp³-hybridized carbons (Fsp3) is 0.263. The van der Waals surface area contributed by atoms with Gasteiger partial charge >= 0.3 is 11.5 Å². The molecule has 1 aromatic heterocycles. The van der Waals surface area contributed by atoms with Gasteiger partial charge in [-0.3, -0.25) is 15.2 Å². The molecule has 2 heterocycles. The molecule has 3 amide bonds. The number of benzene rings is 1. The lowest BCUT2D eigenvalue weighted by Gasteiger charge is -2.27. The third kappa shape index (κ3) is 4.25.